The minimum Gasteiger partial charge on any atom is -0.394 e. The largest absolute Gasteiger partial charge is 0.394 e. The zero-order valence-corrected chi connectivity index (χ0v) is 12.1. The summed E-state index contributed by atoms with van der Waals surface area (Å²) in [5.41, 5.74) is 0. The van der Waals surface area contributed by atoms with Crippen LogP contribution in [0.3, 0.4) is 0 Å². The lowest BCUT2D eigenvalue weighted by molar-refractivity contribution is 0.166. The predicted octanol–water partition coefficient (Wildman–Crippen LogP) is 1.73. The fourth-order valence-electron chi connectivity index (χ4n) is 2.19. The minimum atomic E-state index is -0.191. The van der Waals surface area contributed by atoms with Crippen molar-refractivity contribution in [2.24, 2.45) is 5.92 Å². The van der Waals surface area contributed by atoms with E-state index in [0.717, 1.165) is 24.3 Å². The summed E-state index contributed by atoms with van der Waals surface area (Å²) in [6.45, 7) is 4.95. The van der Waals surface area contributed by atoms with Crippen LogP contribution in [0.4, 0.5) is 9.93 Å². The Morgan fingerprint density at radius 1 is 1.58 bits per heavy atom. The summed E-state index contributed by atoms with van der Waals surface area (Å²) in [7, 11) is 0. The fraction of sp³-hybridized carbons (Fsp3) is 0.750. The van der Waals surface area contributed by atoms with Crippen molar-refractivity contribution in [1.82, 2.24) is 15.1 Å². The third-order valence-electron chi connectivity index (χ3n) is 3.11. The number of nitrogens with one attached hydrogen (secondary N) is 1. The number of nitrogens with zero attached hydrogens (tertiary/aromatic N) is 3. The fourth-order valence-corrected chi connectivity index (χ4v) is 3.13. The molecular weight excluding hydrogens is 264 g/mol. The number of urea groups is 1. The van der Waals surface area contributed by atoms with Gasteiger partial charge >= 0.3 is 6.03 Å². The van der Waals surface area contributed by atoms with Crippen LogP contribution in [-0.2, 0) is 6.42 Å². The van der Waals surface area contributed by atoms with Crippen LogP contribution < -0.4 is 5.32 Å². The average molecular weight is 284 g/mol. The standard InChI is InChI=1S/C12H20N4O2S/c1-8(2)6-10-14-15-11(19-10)13-12(18)16-5-3-4-9(16)7-17/h8-9,17H,3-7H2,1-2H3,(H,13,15,18)/t9-/m0/s1. The molecule has 2 amide bonds. The van der Waals surface area contributed by atoms with E-state index in [9.17, 15) is 9.90 Å². The Labute approximate surface area is 116 Å². The number of carbonyl (C=O) groups excluding carboxylic acids is 1. The SMILES string of the molecule is CC(C)Cc1nnc(NC(=O)N2CCC[C@H]2CO)s1. The molecular formula is C12H20N4O2S. The summed E-state index contributed by atoms with van der Waals surface area (Å²) < 4.78 is 0. The van der Waals surface area contributed by atoms with E-state index in [1.54, 1.807) is 4.90 Å². The number of hydrogen-bond acceptors (Lipinski definition) is 5. The molecule has 0 radical (unpaired) electrons. The highest BCUT2D eigenvalue weighted by Gasteiger charge is 2.28. The number of aliphatic hydroxyl groups is 1. The van der Waals surface area contributed by atoms with Gasteiger partial charge in [-0.05, 0) is 18.8 Å². The molecule has 1 aromatic heterocycles. The van der Waals surface area contributed by atoms with Gasteiger partial charge in [-0.1, -0.05) is 25.2 Å². The molecule has 2 rings (SSSR count). The zero-order chi connectivity index (χ0) is 13.8. The van der Waals surface area contributed by atoms with Gasteiger partial charge in [-0.25, -0.2) is 4.79 Å². The van der Waals surface area contributed by atoms with Crippen LogP contribution in [0.1, 0.15) is 31.7 Å². The summed E-state index contributed by atoms with van der Waals surface area (Å²) >= 11 is 1.41. The van der Waals surface area contributed by atoms with Crippen molar-refractivity contribution in [3.63, 3.8) is 0 Å². The van der Waals surface area contributed by atoms with E-state index in [-0.39, 0.29) is 18.7 Å². The van der Waals surface area contributed by atoms with Crippen molar-refractivity contribution in [3.05, 3.63) is 5.01 Å². The molecule has 7 heteroatoms. The first-order chi connectivity index (χ1) is 9.10. The maximum atomic E-state index is 12.1. The summed E-state index contributed by atoms with van der Waals surface area (Å²) in [4.78, 5) is 13.7. The zero-order valence-electron chi connectivity index (χ0n) is 11.3. The summed E-state index contributed by atoms with van der Waals surface area (Å²) in [6.07, 6.45) is 2.67. The molecule has 1 aromatic rings. The second kappa shape index (κ2) is 6.29. The van der Waals surface area contributed by atoms with E-state index in [4.69, 9.17) is 0 Å². The summed E-state index contributed by atoms with van der Waals surface area (Å²) in [6, 6.07) is -0.258. The van der Waals surface area contributed by atoms with Crippen molar-refractivity contribution in [2.75, 3.05) is 18.5 Å². The molecule has 1 saturated heterocycles. The van der Waals surface area contributed by atoms with Crippen LogP contribution >= 0.6 is 11.3 Å². The van der Waals surface area contributed by atoms with Gasteiger partial charge in [0.05, 0.1) is 12.6 Å². The number of anilines is 1. The maximum absolute atomic E-state index is 12.1. The van der Waals surface area contributed by atoms with Crippen molar-refractivity contribution in [1.29, 1.82) is 0 Å². The lowest BCUT2D eigenvalue weighted by Crippen LogP contribution is -2.40. The number of aliphatic hydroxyl groups excluding tert-OH is 1. The minimum absolute atomic E-state index is 0.0160. The smallest absolute Gasteiger partial charge is 0.324 e. The highest BCUT2D eigenvalue weighted by atomic mass is 32.1. The molecule has 0 saturated carbocycles. The monoisotopic (exact) mass is 284 g/mol. The molecule has 1 aliphatic heterocycles. The third-order valence-corrected chi connectivity index (χ3v) is 3.97. The normalized spacial score (nSPS) is 19.2. The first-order valence-electron chi connectivity index (χ1n) is 6.61. The molecule has 1 fully saturated rings. The van der Waals surface area contributed by atoms with Crippen LogP contribution in [0.25, 0.3) is 0 Å². The number of rotatable bonds is 4. The van der Waals surface area contributed by atoms with Gasteiger partial charge < -0.3 is 10.0 Å². The average Bonchev–Trinajstić information content (AvgIpc) is 2.96. The second-order valence-electron chi connectivity index (χ2n) is 5.20. The Kier molecular flexibility index (Phi) is 4.71. The Morgan fingerprint density at radius 3 is 3.05 bits per heavy atom. The Hall–Kier alpha value is -1.21. The molecule has 106 valence electrons. The van der Waals surface area contributed by atoms with Crippen LogP contribution in [-0.4, -0.2) is 45.4 Å². The van der Waals surface area contributed by atoms with Crippen molar-refractivity contribution in [3.8, 4) is 0 Å². The molecule has 6 nitrogen and oxygen atoms in total. The van der Waals surface area contributed by atoms with Crippen LogP contribution in [0, 0.1) is 5.92 Å². The van der Waals surface area contributed by atoms with Gasteiger partial charge in [0.25, 0.3) is 0 Å². The van der Waals surface area contributed by atoms with Crippen LogP contribution in [0.15, 0.2) is 0 Å². The van der Waals surface area contributed by atoms with Crippen molar-refractivity contribution < 1.29 is 9.90 Å². The lowest BCUT2D eigenvalue weighted by Gasteiger charge is -2.22. The number of likely N-dealkylation sites (tertiary alicyclic amines) is 1. The van der Waals surface area contributed by atoms with Gasteiger partial charge in [0.15, 0.2) is 0 Å². The summed E-state index contributed by atoms with van der Waals surface area (Å²) in [5, 5.41) is 21.5. The highest BCUT2D eigenvalue weighted by molar-refractivity contribution is 7.15. The molecule has 2 heterocycles. The Morgan fingerprint density at radius 2 is 2.37 bits per heavy atom. The molecule has 0 aromatic carbocycles. The van der Waals surface area contributed by atoms with Crippen LogP contribution in [0.5, 0.6) is 0 Å². The van der Waals surface area contributed by atoms with E-state index >= 15 is 0 Å². The molecule has 19 heavy (non-hydrogen) atoms. The second-order valence-corrected chi connectivity index (χ2v) is 6.26. The van der Waals surface area contributed by atoms with Gasteiger partial charge in [-0.2, -0.15) is 0 Å². The quantitative estimate of drug-likeness (QED) is 0.882. The molecule has 0 aliphatic carbocycles. The van der Waals surface area contributed by atoms with E-state index in [0.29, 0.717) is 17.6 Å². The molecule has 0 unspecified atom stereocenters. The first kappa shape index (κ1) is 14.2. The maximum Gasteiger partial charge on any atom is 0.324 e. The van der Waals surface area contributed by atoms with E-state index in [1.807, 2.05) is 0 Å². The van der Waals surface area contributed by atoms with Crippen LogP contribution in [0.2, 0.25) is 0 Å². The van der Waals surface area contributed by atoms with Gasteiger partial charge in [0, 0.05) is 13.0 Å². The number of hydrogen-bond donors (Lipinski definition) is 2. The van der Waals surface area contributed by atoms with Crippen molar-refractivity contribution in [2.45, 2.75) is 39.2 Å². The number of carbonyl (C=O) groups is 1. The van der Waals surface area contributed by atoms with Gasteiger partial charge in [0.2, 0.25) is 5.13 Å². The van der Waals surface area contributed by atoms with E-state index in [2.05, 4.69) is 29.4 Å². The summed E-state index contributed by atoms with van der Waals surface area (Å²) in [5.74, 6) is 0.522. The van der Waals surface area contributed by atoms with Gasteiger partial charge in [-0.15, -0.1) is 10.2 Å². The van der Waals surface area contributed by atoms with Gasteiger partial charge in [0.1, 0.15) is 5.01 Å². The molecule has 0 spiro atoms. The topological polar surface area (TPSA) is 78.4 Å². The number of amides is 2. The molecule has 1 atom stereocenters. The predicted molar refractivity (Wildman–Crippen MR) is 74.3 cm³/mol. The lowest BCUT2D eigenvalue weighted by atomic mass is 10.1. The number of aromatic nitrogens is 2. The van der Waals surface area contributed by atoms with E-state index < -0.39 is 0 Å². The van der Waals surface area contributed by atoms with E-state index in [1.165, 1.54) is 11.3 Å². The molecule has 0 bridgehead atoms. The Balaban J connectivity index is 1.93. The Bertz CT molecular complexity index is 435. The highest BCUT2D eigenvalue weighted by Crippen LogP contribution is 2.21. The third kappa shape index (κ3) is 3.63. The first-order valence-corrected chi connectivity index (χ1v) is 7.42. The van der Waals surface area contributed by atoms with Crippen molar-refractivity contribution >= 4 is 22.5 Å². The van der Waals surface area contributed by atoms with Gasteiger partial charge in [-0.3, -0.25) is 5.32 Å². The molecule has 2 N–H and O–H groups in total. The molecule has 1 aliphatic rings.